The zero-order chi connectivity index (χ0) is 19.4. The summed E-state index contributed by atoms with van der Waals surface area (Å²) in [5, 5.41) is 11.8. The maximum absolute atomic E-state index is 11.8. The van der Waals surface area contributed by atoms with Gasteiger partial charge in [0.1, 0.15) is 0 Å². The average molecular weight is 363 g/mol. The minimum atomic E-state index is -0.356. The van der Waals surface area contributed by atoms with Gasteiger partial charge in [0.05, 0.1) is 16.6 Å². The van der Waals surface area contributed by atoms with Crippen molar-refractivity contribution in [1.29, 1.82) is 0 Å². The van der Waals surface area contributed by atoms with Gasteiger partial charge in [-0.25, -0.2) is 4.57 Å². The highest BCUT2D eigenvalue weighted by Crippen LogP contribution is 2.40. The molecule has 3 aromatic rings. The molecule has 3 rings (SSSR count). The van der Waals surface area contributed by atoms with Crippen LogP contribution in [-0.4, -0.2) is 11.0 Å². The predicted molar refractivity (Wildman–Crippen MR) is 105 cm³/mol. The average Bonchev–Trinajstić information content (AvgIpc) is 2.64. The number of pyridine rings is 1. The molecular weight excluding hydrogens is 340 g/mol. The quantitative estimate of drug-likeness (QED) is 0.363. The van der Waals surface area contributed by atoms with Gasteiger partial charge in [-0.15, -0.1) is 0 Å². The molecule has 0 saturated heterocycles. The summed E-state index contributed by atoms with van der Waals surface area (Å²) in [6.07, 6.45) is 3.76. The largest absolute Gasteiger partial charge is 0.484 e. The summed E-state index contributed by atoms with van der Waals surface area (Å²) >= 11 is 0. The fourth-order valence-corrected chi connectivity index (χ4v) is 3.09. The smallest absolute Gasteiger partial charge is 0.318 e. The predicted octanol–water partition coefficient (Wildman–Crippen LogP) is 4.69. The van der Waals surface area contributed by atoms with E-state index in [9.17, 15) is 10.1 Å². The lowest BCUT2D eigenvalue weighted by atomic mass is 9.98. The molecule has 0 unspecified atom stereocenters. The van der Waals surface area contributed by atoms with Crippen LogP contribution in [0, 0.1) is 17.0 Å². The SMILES string of the molecule is Cc1ccc(OC(C)C)c([N+](=O)[O-])c1-c1cc[n+](Cc2ccccc2)cc1. The van der Waals surface area contributed by atoms with E-state index >= 15 is 0 Å². The van der Waals surface area contributed by atoms with Crippen molar-refractivity contribution in [3.63, 3.8) is 0 Å². The molecule has 138 valence electrons. The fraction of sp³-hybridized carbons (Fsp3) is 0.227. The van der Waals surface area contributed by atoms with Crippen LogP contribution in [0.2, 0.25) is 0 Å². The summed E-state index contributed by atoms with van der Waals surface area (Å²) in [4.78, 5) is 11.4. The van der Waals surface area contributed by atoms with E-state index in [1.165, 1.54) is 5.56 Å². The molecule has 0 amide bonds. The molecule has 0 N–H and O–H groups in total. The van der Waals surface area contributed by atoms with Crippen molar-refractivity contribution in [2.75, 3.05) is 0 Å². The first-order valence-corrected chi connectivity index (χ1v) is 8.93. The maximum Gasteiger partial charge on any atom is 0.318 e. The third kappa shape index (κ3) is 4.31. The van der Waals surface area contributed by atoms with E-state index in [1.807, 2.05) is 69.6 Å². The van der Waals surface area contributed by atoms with E-state index in [2.05, 4.69) is 16.7 Å². The first-order chi connectivity index (χ1) is 13.0. The van der Waals surface area contributed by atoms with E-state index in [0.717, 1.165) is 17.7 Å². The van der Waals surface area contributed by atoms with Gasteiger partial charge in [0.15, 0.2) is 24.7 Å². The summed E-state index contributed by atoms with van der Waals surface area (Å²) in [7, 11) is 0. The molecule has 27 heavy (non-hydrogen) atoms. The van der Waals surface area contributed by atoms with Crippen LogP contribution in [-0.2, 0) is 6.54 Å². The molecule has 0 atom stereocenters. The van der Waals surface area contributed by atoms with E-state index in [4.69, 9.17) is 4.74 Å². The van der Waals surface area contributed by atoms with E-state index in [1.54, 1.807) is 6.07 Å². The van der Waals surface area contributed by atoms with Gasteiger partial charge in [0.25, 0.3) is 0 Å². The van der Waals surface area contributed by atoms with Crippen molar-refractivity contribution >= 4 is 5.69 Å². The topological polar surface area (TPSA) is 56.3 Å². The van der Waals surface area contributed by atoms with Crippen LogP contribution in [0.3, 0.4) is 0 Å². The van der Waals surface area contributed by atoms with Crippen LogP contribution in [0.15, 0.2) is 67.0 Å². The first kappa shape index (κ1) is 18.6. The Hall–Kier alpha value is -3.21. The van der Waals surface area contributed by atoms with Gasteiger partial charge in [-0.05, 0) is 32.4 Å². The van der Waals surface area contributed by atoms with Crippen molar-refractivity contribution in [2.45, 2.75) is 33.4 Å². The Bertz CT molecular complexity index is 936. The molecule has 0 aliphatic heterocycles. The molecular formula is C22H23N2O3+. The number of ether oxygens (including phenoxy) is 1. The zero-order valence-electron chi connectivity index (χ0n) is 15.8. The van der Waals surface area contributed by atoms with Crippen LogP contribution in [0.4, 0.5) is 5.69 Å². The third-order valence-electron chi connectivity index (χ3n) is 4.28. The normalized spacial score (nSPS) is 10.8. The molecule has 1 aromatic heterocycles. The highest BCUT2D eigenvalue weighted by atomic mass is 16.6. The lowest BCUT2D eigenvalue weighted by Crippen LogP contribution is -2.32. The fourth-order valence-electron chi connectivity index (χ4n) is 3.09. The molecule has 2 aromatic carbocycles. The Labute approximate surface area is 159 Å². The number of nitrogens with zero attached hydrogens (tertiary/aromatic N) is 2. The Balaban J connectivity index is 1.99. The number of benzene rings is 2. The highest BCUT2D eigenvalue weighted by Gasteiger charge is 2.25. The van der Waals surface area contributed by atoms with Gasteiger partial charge in [0.2, 0.25) is 0 Å². The van der Waals surface area contributed by atoms with Crippen LogP contribution in [0.1, 0.15) is 25.0 Å². The molecule has 0 aliphatic rings. The Morgan fingerprint density at radius 2 is 1.70 bits per heavy atom. The standard InChI is InChI=1S/C22H23N2O3/c1-16(2)27-20-10-9-17(3)21(22(20)24(25)26)19-11-13-23(14-12-19)15-18-7-5-4-6-8-18/h4-14,16H,15H2,1-3H3/q+1. The zero-order valence-corrected chi connectivity index (χ0v) is 15.8. The summed E-state index contributed by atoms with van der Waals surface area (Å²) in [6, 6.07) is 17.5. The van der Waals surface area contributed by atoms with Gasteiger partial charge < -0.3 is 4.74 Å². The van der Waals surface area contributed by atoms with Crippen molar-refractivity contribution in [2.24, 2.45) is 0 Å². The van der Waals surface area contributed by atoms with Crippen LogP contribution >= 0.6 is 0 Å². The Morgan fingerprint density at radius 3 is 2.30 bits per heavy atom. The number of hydrogen-bond donors (Lipinski definition) is 0. The van der Waals surface area contributed by atoms with Crippen molar-refractivity contribution in [1.82, 2.24) is 0 Å². The monoisotopic (exact) mass is 363 g/mol. The molecule has 0 aliphatic carbocycles. The minimum absolute atomic E-state index is 0.0181. The molecule has 5 heteroatoms. The molecule has 0 spiro atoms. The van der Waals surface area contributed by atoms with Crippen molar-refractivity contribution in [3.05, 3.63) is 88.2 Å². The Kier molecular flexibility index (Phi) is 5.50. The van der Waals surface area contributed by atoms with Crippen LogP contribution < -0.4 is 9.30 Å². The number of aryl methyl sites for hydroxylation is 1. The molecule has 5 nitrogen and oxygen atoms in total. The molecule has 0 saturated carbocycles. The Morgan fingerprint density at radius 1 is 1.04 bits per heavy atom. The summed E-state index contributed by atoms with van der Waals surface area (Å²) in [5.41, 5.74) is 3.47. The molecule has 0 fully saturated rings. The highest BCUT2D eigenvalue weighted by molar-refractivity contribution is 5.80. The number of nitro benzene ring substituents is 1. The summed E-state index contributed by atoms with van der Waals surface area (Å²) in [5.74, 6) is 0.302. The number of hydrogen-bond acceptors (Lipinski definition) is 3. The second kappa shape index (κ2) is 7.99. The summed E-state index contributed by atoms with van der Waals surface area (Å²) < 4.78 is 7.73. The molecule has 1 heterocycles. The van der Waals surface area contributed by atoms with Gasteiger partial charge in [-0.1, -0.05) is 36.4 Å². The van der Waals surface area contributed by atoms with E-state index < -0.39 is 0 Å². The van der Waals surface area contributed by atoms with Gasteiger partial charge >= 0.3 is 5.69 Å². The minimum Gasteiger partial charge on any atom is -0.484 e. The van der Waals surface area contributed by atoms with Gasteiger partial charge in [-0.3, -0.25) is 10.1 Å². The van der Waals surface area contributed by atoms with E-state index in [0.29, 0.717) is 11.3 Å². The number of nitro groups is 1. The molecule has 0 radical (unpaired) electrons. The number of rotatable bonds is 6. The van der Waals surface area contributed by atoms with Gasteiger partial charge in [0, 0.05) is 23.3 Å². The van der Waals surface area contributed by atoms with E-state index in [-0.39, 0.29) is 16.7 Å². The van der Waals surface area contributed by atoms with Crippen LogP contribution in [0.25, 0.3) is 11.1 Å². The first-order valence-electron chi connectivity index (χ1n) is 8.93. The number of aromatic nitrogens is 1. The van der Waals surface area contributed by atoms with Crippen molar-refractivity contribution in [3.8, 4) is 16.9 Å². The second-order valence-corrected chi connectivity index (χ2v) is 6.77. The van der Waals surface area contributed by atoms with Crippen molar-refractivity contribution < 1.29 is 14.2 Å². The van der Waals surface area contributed by atoms with Crippen LogP contribution in [0.5, 0.6) is 5.75 Å². The maximum atomic E-state index is 11.8. The lowest BCUT2D eigenvalue weighted by Gasteiger charge is -2.14. The summed E-state index contributed by atoms with van der Waals surface area (Å²) in [6.45, 7) is 6.35. The second-order valence-electron chi connectivity index (χ2n) is 6.77. The van der Waals surface area contributed by atoms with Gasteiger partial charge in [-0.2, -0.15) is 0 Å². The third-order valence-corrected chi connectivity index (χ3v) is 4.28. The lowest BCUT2D eigenvalue weighted by molar-refractivity contribution is -0.688. The molecule has 0 bridgehead atoms.